The molecule has 0 fully saturated rings. The van der Waals surface area contributed by atoms with Crippen molar-refractivity contribution in [1.82, 2.24) is 0 Å². The van der Waals surface area contributed by atoms with Crippen molar-refractivity contribution in [3.8, 4) is 0 Å². The van der Waals surface area contributed by atoms with E-state index in [1.807, 2.05) is 4.72 Å². The van der Waals surface area contributed by atoms with Gasteiger partial charge in [-0.15, -0.1) is 0 Å². The molecular weight excluding hydrogens is 408 g/mol. The first-order valence-corrected chi connectivity index (χ1v) is 8.65. The predicted molar refractivity (Wildman–Crippen MR) is 83.4 cm³/mol. The summed E-state index contributed by atoms with van der Waals surface area (Å²) >= 11 is 5.72. The number of alkyl halides is 6. The Bertz CT molecular complexity index is 906. The maximum absolute atomic E-state index is 12.9. The van der Waals surface area contributed by atoms with Crippen LogP contribution in [0.4, 0.5) is 32.0 Å². The van der Waals surface area contributed by atoms with Gasteiger partial charge in [-0.05, 0) is 48.9 Å². The third kappa shape index (κ3) is 4.61. The third-order valence-electron chi connectivity index (χ3n) is 3.30. The van der Waals surface area contributed by atoms with Crippen molar-refractivity contribution in [2.24, 2.45) is 0 Å². The molecule has 0 spiro atoms. The number of rotatable bonds is 3. The Labute approximate surface area is 149 Å². The summed E-state index contributed by atoms with van der Waals surface area (Å²) in [4.78, 5) is -1.16. The molecule has 2 aromatic rings. The summed E-state index contributed by atoms with van der Waals surface area (Å²) in [5.74, 6) is 0. The summed E-state index contributed by atoms with van der Waals surface area (Å²) < 4.78 is 104. The second kappa shape index (κ2) is 6.66. The zero-order valence-corrected chi connectivity index (χ0v) is 14.4. The lowest BCUT2D eigenvalue weighted by molar-refractivity contribution is -0.143. The average molecular weight is 418 g/mol. The second-order valence-electron chi connectivity index (χ2n) is 5.31. The summed E-state index contributed by atoms with van der Waals surface area (Å²) in [5.41, 5.74) is -3.13. The normalized spacial score (nSPS) is 12.9. The van der Waals surface area contributed by atoms with Gasteiger partial charge in [0.1, 0.15) is 0 Å². The van der Waals surface area contributed by atoms with E-state index in [4.69, 9.17) is 11.6 Å². The number of nitrogens with one attached hydrogen (secondary N) is 1. The van der Waals surface area contributed by atoms with E-state index >= 15 is 0 Å². The first-order chi connectivity index (χ1) is 11.7. The van der Waals surface area contributed by atoms with Crippen LogP contribution in [0.1, 0.15) is 16.7 Å². The van der Waals surface area contributed by atoms with E-state index in [0.717, 1.165) is 0 Å². The van der Waals surface area contributed by atoms with Gasteiger partial charge in [-0.25, -0.2) is 8.42 Å². The van der Waals surface area contributed by atoms with E-state index in [0.29, 0.717) is 5.56 Å². The van der Waals surface area contributed by atoms with Crippen molar-refractivity contribution in [3.63, 3.8) is 0 Å². The van der Waals surface area contributed by atoms with Crippen LogP contribution in [-0.4, -0.2) is 8.42 Å². The number of hydrogen-bond donors (Lipinski definition) is 1. The minimum atomic E-state index is -5.15. The van der Waals surface area contributed by atoms with Crippen molar-refractivity contribution in [1.29, 1.82) is 0 Å². The molecule has 0 amide bonds. The monoisotopic (exact) mass is 417 g/mol. The van der Waals surface area contributed by atoms with Crippen LogP contribution in [0.3, 0.4) is 0 Å². The summed E-state index contributed by atoms with van der Waals surface area (Å²) in [7, 11) is -4.71. The standard InChI is InChI=1S/C15H10ClF6NO2S/c1-8-4-11(16)2-3-13(8)23-26(24,25)12-6-9(14(17,18)19)5-10(7-12)15(20,21)22/h2-7,23H,1H3. The van der Waals surface area contributed by atoms with E-state index < -0.39 is 38.4 Å². The highest BCUT2D eigenvalue weighted by molar-refractivity contribution is 7.92. The van der Waals surface area contributed by atoms with Crippen LogP contribution in [0.5, 0.6) is 0 Å². The van der Waals surface area contributed by atoms with E-state index in [2.05, 4.69) is 0 Å². The lowest BCUT2D eigenvalue weighted by Gasteiger charge is -2.16. The van der Waals surface area contributed by atoms with Gasteiger partial charge < -0.3 is 0 Å². The van der Waals surface area contributed by atoms with Gasteiger partial charge in [0.15, 0.2) is 0 Å². The molecule has 3 nitrogen and oxygen atoms in total. The first kappa shape index (κ1) is 20.4. The fourth-order valence-corrected chi connectivity index (χ4v) is 3.45. The second-order valence-corrected chi connectivity index (χ2v) is 7.43. The molecule has 0 aliphatic carbocycles. The van der Waals surface area contributed by atoms with Gasteiger partial charge in [-0.2, -0.15) is 26.3 Å². The largest absolute Gasteiger partial charge is 0.416 e. The van der Waals surface area contributed by atoms with Crippen LogP contribution >= 0.6 is 11.6 Å². The minimum Gasteiger partial charge on any atom is -0.279 e. The van der Waals surface area contributed by atoms with Crippen molar-refractivity contribution in [2.75, 3.05) is 4.72 Å². The fraction of sp³-hybridized carbons (Fsp3) is 0.200. The Balaban J connectivity index is 2.58. The Kier molecular flexibility index (Phi) is 5.22. The SMILES string of the molecule is Cc1cc(Cl)ccc1NS(=O)(=O)c1cc(C(F)(F)F)cc(C(F)(F)F)c1. The van der Waals surface area contributed by atoms with Crippen LogP contribution in [0.25, 0.3) is 0 Å². The molecule has 0 aliphatic heterocycles. The molecule has 1 N–H and O–H groups in total. The Hall–Kier alpha value is -1.94. The molecule has 0 unspecified atom stereocenters. The lowest BCUT2D eigenvalue weighted by Crippen LogP contribution is -2.18. The van der Waals surface area contributed by atoms with Crippen LogP contribution in [0.15, 0.2) is 41.3 Å². The molecule has 0 aromatic heterocycles. The summed E-state index contributed by atoms with van der Waals surface area (Å²) in [6.07, 6.45) is -10.3. The average Bonchev–Trinajstić information content (AvgIpc) is 2.48. The minimum absolute atomic E-state index is 0.0274. The predicted octanol–water partition coefficient (Wildman–Crippen LogP) is 5.49. The van der Waals surface area contributed by atoms with Gasteiger partial charge in [0.25, 0.3) is 10.0 Å². The number of anilines is 1. The Morgan fingerprint density at radius 1 is 0.885 bits per heavy atom. The van der Waals surface area contributed by atoms with Crippen molar-refractivity contribution >= 4 is 27.3 Å². The first-order valence-electron chi connectivity index (χ1n) is 6.78. The maximum Gasteiger partial charge on any atom is 0.416 e. The molecule has 0 saturated heterocycles. The highest BCUT2D eigenvalue weighted by Gasteiger charge is 2.38. The summed E-state index contributed by atoms with van der Waals surface area (Å²) in [6.45, 7) is 1.47. The molecule has 0 saturated carbocycles. The molecule has 2 rings (SSSR count). The van der Waals surface area contributed by atoms with Crippen LogP contribution in [-0.2, 0) is 22.4 Å². The van der Waals surface area contributed by atoms with Gasteiger partial charge in [0.2, 0.25) is 0 Å². The van der Waals surface area contributed by atoms with E-state index in [-0.39, 0.29) is 28.9 Å². The van der Waals surface area contributed by atoms with Crippen LogP contribution in [0, 0.1) is 6.92 Å². The number of halogens is 7. The molecule has 0 radical (unpaired) electrons. The van der Waals surface area contributed by atoms with E-state index in [1.165, 1.54) is 25.1 Å². The topological polar surface area (TPSA) is 46.2 Å². The molecular formula is C15H10ClF6NO2S. The molecule has 142 valence electrons. The maximum atomic E-state index is 12.9. The highest BCUT2D eigenvalue weighted by Crippen LogP contribution is 2.37. The zero-order chi connectivity index (χ0) is 19.9. The fourth-order valence-electron chi connectivity index (χ4n) is 2.03. The van der Waals surface area contributed by atoms with Gasteiger partial charge in [0.05, 0.1) is 21.7 Å². The molecule has 0 bridgehead atoms. The zero-order valence-electron chi connectivity index (χ0n) is 12.8. The number of sulfonamides is 1. The quantitative estimate of drug-likeness (QED) is 0.671. The van der Waals surface area contributed by atoms with Crippen molar-refractivity contribution in [2.45, 2.75) is 24.2 Å². The summed E-state index contributed by atoms with van der Waals surface area (Å²) in [6, 6.07) is 4.08. The van der Waals surface area contributed by atoms with Gasteiger partial charge in [-0.3, -0.25) is 4.72 Å². The number of hydrogen-bond acceptors (Lipinski definition) is 2. The smallest absolute Gasteiger partial charge is 0.279 e. The third-order valence-corrected chi connectivity index (χ3v) is 4.88. The molecule has 0 aliphatic rings. The Morgan fingerprint density at radius 3 is 1.81 bits per heavy atom. The Morgan fingerprint density at radius 2 is 1.38 bits per heavy atom. The molecule has 2 aromatic carbocycles. The number of aryl methyl sites for hydroxylation is 1. The highest BCUT2D eigenvalue weighted by atomic mass is 35.5. The molecule has 0 atom stereocenters. The van der Waals surface area contributed by atoms with E-state index in [9.17, 15) is 34.8 Å². The van der Waals surface area contributed by atoms with Crippen LogP contribution in [0.2, 0.25) is 5.02 Å². The lowest BCUT2D eigenvalue weighted by atomic mass is 10.1. The van der Waals surface area contributed by atoms with Gasteiger partial charge >= 0.3 is 12.4 Å². The molecule has 26 heavy (non-hydrogen) atoms. The van der Waals surface area contributed by atoms with Crippen molar-refractivity contribution in [3.05, 3.63) is 58.1 Å². The van der Waals surface area contributed by atoms with E-state index in [1.54, 1.807) is 0 Å². The number of benzene rings is 2. The van der Waals surface area contributed by atoms with Gasteiger partial charge in [0, 0.05) is 5.02 Å². The van der Waals surface area contributed by atoms with Crippen molar-refractivity contribution < 1.29 is 34.8 Å². The van der Waals surface area contributed by atoms with Gasteiger partial charge in [-0.1, -0.05) is 11.6 Å². The summed E-state index contributed by atoms with van der Waals surface area (Å²) in [5, 5.41) is 0.281. The molecule has 11 heteroatoms. The van der Waals surface area contributed by atoms with Crippen LogP contribution < -0.4 is 4.72 Å². The molecule has 0 heterocycles.